The third kappa shape index (κ3) is 3.83. The first kappa shape index (κ1) is 17.6. The quantitative estimate of drug-likeness (QED) is 0.737. The number of carbonyl (C=O) groups excluding carboxylic acids is 1. The van der Waals surface area contributed by atoms with Crippen LogP contribution in [-0.4, -0.2) is 33.9 Å². The Morgan fingerprint density at radius 3 is 2.67 bits per heavy atom. The van der Waals surface area contributed by atoms with Gasteiger partial charge >= 0.3 is 0 Å². The minimum Gasteiger partial charge on any atom is -0.441 e. The highest BCUT2D eigenvalue weighted by atomic mass is 16.4. The molecule has 2 aromatic heterocycles. The molecule has 7 nitrogen and oxygen atoms in total. The smallest absolute Gasteiger partial charge is 0.229 e. The number of aryl methyl sites for hydroxylation is 1. The Hall–Kier alpha value is -2.80. The van der Waals surface area contributed by atoms with Gasteiger partial charge in [0.25, 0.3) is 0 Å². The summed E-state index contributed by atoms with van der Waals surface area (Å²) in [5.74, 6) is 1.69. The van der Waals surface area contributed by atoms with Gasteiger partial charge in [0.15, 0.2) is 11.7 Å². The molecule has 0 unspecified atom stereocenters. The summed E-state index contributed by atoms with van der Waals surface area (Å²) < 4.78 is 5.58. The lowest BCUT2D eigenvalue weighted by atomic mass is 9.85. The fourth-order valence-electron chi connectivity index (χ4n) is 3.59. The second-order valence-electron chi connectivity index (χ2n) is 7.04. The van der Waals surface area contributed by atoms with Crippen LogP contribution in [0, 0.1) is 12.8 Å². The highest BCUT2D eigenvalue weighted by molar-refractivity contribution is 5.92. The number of rotatable bonds is 4. The number of hydrogen-bond acceptors (Lipinski definition) is 6. The molecule has 1 aliphatic carbocycles. The number of nitrogens with one attached hydrogen (secondary N) is 2. The van der Waals surface area contributed by atoms with Crippen LogP contribution in [0.2, 0.25) is 0 Å². The highest BCUT2D eigenvalue weighted by Crippen LogP contribution is 2.26. The highest BCUT2D eigenvalue weighted by Gasteiger charge is 2.26. The molecule has 3 aromatic rings. The minimum atomic E-state index is 0.00548. The van der Waals surface area contributed by atoms with E-state index in [4.69, 9.17) is 4.42 Å². The van der Waals surface area contributed by atoms with Gasteiger partial charge in [-0.05, 0) is 38.8 Å². The number of aromatic nitrogens is 3. The summed E-state index contributed by atoms with van der Waals surface area (Å²) in [7, 11) is 1.97. The lowest BCUT2D eigenvalue weighted by molar-refractivity contribution is -0.120. The van der Waals surface area contributed by atoms with Crippen molar-refractivity contribution in [2.45, 2.75) is 38.6 Å². The second-order valence-corrected chi connectivity index (χ2v) is 7.04. The molecule has 1 saturated carbocycles. The van der Waals surface area contributed by atoms with Crippen molar-refractivity contribution in [3.8, 4) is 11.3 Å². The third-order valence-electron chi connectivity index (χ3n) is 5.23. The van der Waals surface area contributed by atoms with Gasteiger partial charge < -0.3 is 9.73 Å². The summed E-state index contributed by atoms with van der Waals surface area (Å²) in [6.07, 6.45) is 7.24. The molecule has 1 fully saturated rings. The Bertz CT molecular complexity index is 960. The number of carbonyl (C=O) groups is 1. The number of amides is 1. The number of oxazole rings is 1. The molecule has 140 valence electrons. The maximum absolute atomic E-state index is 12.6. The van der Waals surface area contributed by atoms with Gasteiger partial charge in [-0.3, -0.25) is 10.1 Å². The first-order valence-electron chi connectivity index (χ1n) is 9.30. The van der Waals surface area contributed by atoms with Crippen molar-refractivity contribution in [3.05, 3.63) is 36.5 Å². The Morgan fingerprint density at radius 1 is 1.15 bits per heavy atom. The van der Waals surface area contributed by atoms with E-state index >= 15 is 0 Å². The van der Waals surface area contributed by atoms with E-state index in [-0.39, 0.29) is 11.8 Å². The predicted octanol–water partition coefficient (Wildman–Crippen LogP) is 3.31. The lowest BCUT2D eigenvalue weighted by Gasteiger charge is -2.27. The molecule has 0 saturated heterocycles. The Kier molecular flexibility index (Phi) is 4.85. The fraction of sp³-hybridized carbons (Fsp3) is 0.400. The van der Waals surface area contributed by atoms with Gasteiger partial charge in [-0.2, -0.15) is 0 Å². The maximum Gasteiger partial charge on any atom is 0.229 e. The number of hydrogen-bond donors (Lipinski definition) is 2. The van der Waals surface area contributed by atoms with Crippen molar-refractivity contribution < 1.29 is 9.21 Å². The summed E-state index contributed by atoms with van der Waals surface area (Å²) in [6, 6.07) is 6.33. The van der Waals surface area contributed by atoms with Crippen LogP contribution in [0.3, 0.4) is 0 Å². The van der Waals surface area contributed by atoms with Crippen LogP contribution in [-0.2, 0) is 4.79 Å². The predicted molar refractivity (Wildman–Crippen MR) is 103 cm³/mol. The van der Waals surface area contributed by atoms with Gasteiger partial charge in [-0.15, -0.1) is 0 Å². The zero-order chi connectivity index (χ0) is 18.8. The first-order valence-corrected chi connectivity index (χ1v) is 9.30. The van der Waals surface area contributed by atoms with E-state index in [2.05, 4.69) is 25.6 Å². The first-order chi connectivity index (χ1) is 13.1. The normalized spacial score (nSPS) is 19.9. The summed E-state index contributed by atoms with van der Waals surface area (Å²) >= 11 is 0. The molecule has 0 aliphatic heterocycles. The number of benzene rings is 1. The van der Waals surface area contributed by atoms with Gasteiger partial charge in [-0.25, -0.2) is 15.0 Å². The third-order valence-corrected chi connectivity index (χ3v) is 5.23. The molecule has 0 atom stereocenters. The molecule has 7 heteroatoms. The number of nitrogens with zero attached hydrogens (tertiary/aromatic N) is 3. The van der Waals surface area contributed by atoms with E-state index < -0.39 is 0 Å². The van der Waals surface area contributed by atoms with Crippen LogP contribution < -0.4 is 10.6 Å². The van der Waals surface area contributed by atoms with Gasteiger partial charge in [0, 0.05) is 36.0 Å². The SMILES string of the molecule is CNC1CCC(C(=O)Nc2ncc3ccc(-c4cnc(C)o4)cc3n2)CC1. The van der Waals surface area contributed by atoms with E-state index in [0.29, 0.717) is 23.6 Å². The van der Waals surface area contributed by atoms with Gasteiger partial charge in [0.2, 0.25) is 11.9 Å². The second kappa shape index (κ2) is 7.44. The monoisotopic (exact) mass is 365 g/mol. The van der Waals surface area contributed by atoms with Crippen LogP contribution in [0.25, 0.3) is 22.2 Å². The van der Waals surface area contributed by atoms with Crippen molar-refractivity contribution in [3.63, 3.8) is 0 Å². The van der Waals surface area contributed by atoms with E-state index in [1.54, 1.807) is 12.4 Å². The number of fused-ring (bicyclic) bond motifs is 1. The van der Waals surface area contributed by atoms with E-state index in [0.717, 1.165) is 42.1 Å². The molecule has 0 radical (unpaired) electrons. The molecule has 1 amide bonds. The molecule has 0 bridgehead atoms. The van der Waals surface area contributed by atoms with Gasteiger partial charge in [0.05, 0.1) is 11.7 Å². The zero-order valence-corrected chi connectivity index (χ0v) is 15.5. The molecular weight excluding hydrogens is 342 g/mol. The van der Waals surface area contributed by atoms with Crippen LogP contribution in [0.4, 0.5) is 5.95 Å². The molecule has 0 spiro atoms. The molecule has 2 N–H and O–H groups in total. The van der Waals surface area contributed by atoms with E-state index in [1.165, 1.54) is 0 Å². The fourth-order valence-corrected chi connectivity index (χ4v) is 3.59. The van der Waals surface area contributed by atoms with E-state index in [1.807, 2.05) is 32.2 Å². The van der Waals surface area contributed by atoms with Crippen molar-refractivity contribution in [2.24, 2.45) is 5.92 Å². The van der Waals surface area contributed by atoms with Crippen molar-refractivity contribution in [1.82, 2.24) is 20.3 Å². The van der Waals surface area contributed by atoms with Crippen molar-refractivity contribution >= 4 is 22.8 Å². The van der Waals surface area contributed by atoms with E-state index in [9.17, 15) is 4.79 Å². The Morgan fingerprint density at radius 2 is 1.96 bits per heavy atom. The van der Waals surface area contributed by atoms with Crippen molar-refractivity contribution in [2.75, 3.05) is 12.4 Å². The Balaban J connectivity index is 1.51. The maximum atomic E-state index is 12.6. The van der Waals surface area contributed by atoms with Crippen LogP contribution in [0.5, 0.6) is 0 Å². The number of anilines is 1. The van der Waals surface area contributed by atoms with Gasteiger partial charge in [0.1, 0.15) is 0 Å². The van der Waals surface area contributed by atoms with Crippen LogP contribution >= 0.6 is 0 Å². The molecule has 1 aromatic carbocycles. The standard InChI is InChI=1S/C20H23N5O2/c1-12-22-11-18(27-12)14-3-4-15-10-23-20(24-17(15)9-14)25-19(26)13-5-7-16(21-2)8-6-13/h3-4,9-11,13,16,21H,5-8H2,1-2H3,(H,23,24,25,26). The van der Waals surface area contributed by atoms with Crippen LogP contribution in [0.1, 0.15) is 31.6 Å². The molecule has 2 heterocycles. The molecule has 4 rings (SSSR count). The summed E-state index contributed by atoms with van der Waals surface area (Å²) in [5.41, 5.74) is 1.65. The van der Waals surface area contributed by atoms with Crippen LogP contribution in [0.15, 0.2) is 35.0 Å². The molecule has 27 heavy (non-hydrogen) atoms. The largest absolute Gasteiger partial charge is 0.441 e. The lowest BCUT2D eigenvalue weighted by Crippen LogP contribution is -2.34. The molecular formula is C20H23N5O2. The molecule has 1 aliphatic rings. The summed E-state index contributed by atoms with van der Waals surface area (Å²) in [6.45, 7) is 1.81. The van der Waals surface area contributed by atoms with Crippen molar-refractivity contribution in [1.29, 1.82) is 0 Å². The van der Waals surface area contributed by atoms with Gasteiger partial charge in [-0.1, -0.05) is 12.1 Å². The average molecular weight is 365 g/mol. The summed E-state index contributed by atoms with van der Waals surface area (Å²) in [4.78, 5) is 25.5. The zero-order valence-electron chi connectivity index (χ0n) is 15.5. The summed E-state index contributed by atoms with van der Waals surface area (Å²) in [5, 5.41) is 7.07. The Labute approximate surface area is 157 Å². The average Bonchev–Trinajstić information content (AvgIpc) is 3.14. The minimum absolute atomic E-state index is 0.00548. The topological polar surface area (TPSA) is 92.9 Å².